The van der Waals surface area contributed by atoms with Crippen LogP contribution in [0.15, 0.2) is 53.8 Å². The average Bonchev–Trinajstić information content (AvgIpc) is 3.31. The molecule has 0 aliphatic rings. The summed E-state index contributed by atoms with van der Waals surface area (Å²) in [5.41, 5.74) is 1.69. The van der Waals surface area contributed by atoms with E-state index in [-0.39, 0.29) is 0 Å². The molecule has 0 amide bonds. The SMILES string of the molecule is C[C@H](OC(=O)c1ccc(-n2ccnc2)nc1)c1nc2ncc(Br)cc2[nH]1. The summed E-state index contributed by atoms with van der Waals surface area (Å²) in [5, 5.41) is 0. The summed E-state index contributed by atoms with van der Waals surface area (Å²) in [4.78, 5) is 32.2. The molecule has 0 unspecified atom stereocenters. The Balaban J connectivity index is 1.49. The molecule has 4 aromatic heterocycles. The van der Waals surface area contributed by atoms with Crippen LogP contribution in [0.3, 0.4) is 0 Å². The van der Waals surface area contributed by atoms with Gasteiger partial charge in [0.05, 0.1) is 11.1 Å². The van der Waals surface area contributed by atoms with Crippen molar-refractivity contribution in [3.8, 4) is 5.82 Å². The zero-order valence-corrected chi connectivity index (χ0v) is 15.2. The van der Waals surface area contributed by atoms with Crippen LogP contribution in [0.2, 0.25) is 0 Å². The molecule has 0 bridgehead atoms. The predicted octanol–water partition coefficient (Wildman–Crippen LogP) is 3.22. The lowest BCUT2D eigenvalue weighted by atomic mass is 10.3. The monoisotopic (exact) mass is 412 g/mol. The molecule has 0 spiro atoms. The summed E-state index contributed by atoms with van der Waals surface area (Å²) in [6.07, 6.45) is 7.65. The number of pyridine rings is 2. The van der Waals surface area contributed by atoms with E-state index >= 15 is 0 Å². The van der Waals surface area contributed by atoms with E-state index in [2.05, 4.69) is 40.8 Å². The molecule has 0 saturated carbocycles. The van der Waals surface area contributed by atoms with Crippen molar-refractivity contribution in [2.45, 2.75) is 13.0 Å². The predicted molar refractivity (Wildman–Crippen MR) is 96.8 cm³/mol. The molecule has 26 heavy (non-hydrogen) atoms. The molecule has 130 valence electrons. The van der Waals surface area contributed by atoms with Crippen molar-refractivity contribution >= 4 is 33.1 Å². The number of H-pyrrole nitrogens is 1. The first-order valence-corrected chi connectivity index (χ1v) is 8.56. The molecule has 1 N–H and O–H groups in total. The van der Waals surface area contributed by atoms with E-state index in [1.54, 1.807) is 48.5 Å². The van der Waals surface area contributed by atoms with E-state index in [0.29, 0.717) is 22.9 Å². The van der Waals surface area contributed by atoms with Gasteiger partial charge >= 0.3 is 5.97 Å². The first kappa shape index (κ1) is 16.4. The van der Waals surface area contributed by atoms with Crippen LogP contribution in [-0.2, 0) is 4.74 Å². The third-order valence-electron chi connectivity index (χ3n) is 3.74. The largest absolute Gasteiger partial charge is 0.451 e. The number of fused-ring (bicyclic) bond motifs is 1. The lowest BCUT2D eigenvalue weighted by molar-refractivity contribution is 0.0321. The van der Waals surface area contributed by atoms with Crippen LogP contribution < -0.4 is 0 Å². The van der Waals surface area contributed by atoms with Gasteiger partial charge in [-0.05, 0) is 41.1 Å². The number of imidazole rings is 2. The molecule has 4 aromatic rings. The topological polar surface area (TPSA) is 98.6 Å². The zero-order chi connectivity index (χ0) is 18.1. The van der Waals surface area contributed by atoms with E-state index in [4.69, 9.17) is 4.74 Å². The minimum Gasteiger partial charge on any atom is -0.451 e. The summed E-state index contributed by atoms with van der Waals surface area (Å²) < 4.78 is 8.07. The number of halogens is 1. The van der Waals surface area contributed by atoms with E-state index < -0.39 is 12.1 Å². The molecule has 4 rings (SSSR count). The highest BCUT2D eigenvalue weighted by Gasteiger charge is 2.18. The summed E-state index contributed by atoms with van der Waals surface area (Å²) >= 11 is 3.36. The molecule has 4 heterocycles. The van der Waals surface area contributed by atoms with Crippen molar-refractivity contribution in [2.24, 2.45) is 0 Å². The van der Waals surface area contributed by atoms with Crippen LogP contribution in [0, 0.1) is 0 Å². The number of ether oxygens (including phenoxy) is 1. The fourth-order valence-electron chi connectivity index (χ4n) is 2.42. The highest BCUT2D eigenvalue weighted by molar-refractivity contribution is 9.10. The maximum Gasteiger partial charge on any atom is 0.340 e. The minimum absolute atomic E-state index is 0.359. The zero-order valence-electron chi connectivity index (χ0n) is 13.6. The van der Waals surface area contributed by atoms with E-state index in [1.807, 2.05) is 6.07 Å². The maximum atomic E-state index is 12.3. The second-order valence-corrected chi connectivity index (χ2v) is 6.48. The Morgan fingerprint density at radius 1 is 1.31 bits per heavy atom. The van der Waals surface area contributed by atoms with Crippen LogP contribution in [0.1, 0.15) is 29.2 Å². The molecule has 0 aliphatic carbocycles. The van der Waals surface area contributed by atoms with Gasteiger partial charge in [0.15, 0.2) is 11.8 Å². The lowest BCUT2D eigenvalue weighted by Gasteiger charge is -2.10. The number of hydrogen-bond acceptors (Lipinski definition) is 6. The van der Waals surface area contributed by atoms with Crippen LogP contribution >= 0.6 is 15.9 Å². The van der Waals surface area contributed by atoms with Gasteiger partial charge in [0.25, 0.3) is 0 Å². The van der Waals surface area contributed by atoms with Gasteiger partial charge in [-0.25, -0.2) is 24.7 Å². The summed E-state index contributed by atoms with van der Waals surface area (Å²) in [6, 6.07) is 5.26. The second kappa shape index (κ2) is 6.68. The van der Waals surface area contributed by atoms with Crippen molar-refractivity contribution in [3.05, 3.63) is 65.2 Å². The van der Waals surface area contributed by atoms with Crippen LogP contribution in [0.4, 0.5) is 0 Å². The number of aromatic amines is 1. The standard InChI is InChI=1S/C17H13BrN6O2/c1-10(15-22-13-6-12(18)8-21-16(13)23-15)26-17(25)11-2-3-14(20-7-11)24-5-4-19-9-24/h2-10H,1H3,(H,21,22,23)/t10-/m0/s1. The molecule has 1 atom stereocenters. The number of rotatable bonds is 4. The fourth-order valence-corrected chi connectivity index (χ4v) is 2.76. The minimum atomic E-state index is -0.552. The quantitative estimate of drug-likeness (QED) is 0.516. The van der Waals surface area contributed by atoms with E-state index in [1.165, 1.54) is 6.20 Å². The van der Waals surface area contributed by atoms with Crippen LogP contribution in [0.5, 0.6) is 0 Å². The second-order valence-electron chi connectivity index (χ2n) is 5.57. The first-order valence-electron chi connectivity index (χ1n) is 7.76. The third-order valence-corrected chi connectivity index (χ3v) is 4.18. The number of hydrogen-bond donors (Lipinski definition) is 1. The van der Waals surface area contributed by atoms with E-state index in [0.717, 1.165) is 9.99 Å². The molecule has 0 saturated heterocycles. The van der Waals surface area contributed by atoms with Crippen LogP contribution in [-0.4, -0.2) is 35.5 Å². The van der Waals surface area contributed by atoms with Gasteiger partial charge in [-0.1, -0.05) is 0 Å². The van der Waals surface area contributed by atoms with Crippen molar-refractivity contribution < 1.29 is 9.53 Å². The Hall–Kier alpha value is -3.07. The van der Waals surface area contributed by atoms with Gasteiger partial charge in [-0.2, -0.15) is 0 Å². The molecular formula is C17H13BrN6O2. The number of esters is 1. The Bertz CT molecular complexity index is 1060. The number of nitrogens with zero attached hydrogens (tertiary/aromatic N) is 5. The molecule has 0 aromatic carbocycles. The van der Waals surface area contributed by atoms with Crippen molar-refractivity contribution in [2.75, 3.05) is 0 Å². The van der Waals surface area contributed by atoms with Gasteiger partial charge in [0.2, 0.25) is 0 Å². The molecule has 8 nitrogen and oxygen atoms in total. The number of carbonyl (C=O) groups excluding carboxylic acids is 1. The van der Waals surface area contributed by atoms with Crippen molar-refractivity contribution in [3.63, 3.8) is 0 Å². The van der Waals surface area contributed by atoms with Gasteiger partial charge in [-0.3, -0.25) is 4.57 Å². The van der Waals surface area contributed by atoms with Crippen LogP contribution in [0.25, 0.3) is 17.0 Å². The number of nitrogens with one attached hydrogen (secondary N) is 1. The fraction of sp³-hybridized carbons (Fsp3) is 0.118. The smallest absolute Gasteiger partial charge is 0.340 e. The molecule has 9 heteroatoms. The molecule has 0 fully saturated rings. The normalized spacial score (nSPS) is 12.2. The van der Waals surface area contributed by atoms with E-state index in [9.17, 15) is 4.79 Å². The Kier molecular flexibility index (Phi) is 4.21. The average molecular weight is 413 g/mol. The Morgan fingerprint density at radius 3 is 2.92 bits per heavy atom. The number of carbonyl (C=O) groups is 1. The highest BCUT2D eigenvalue weighted by atomic mass is 79.9. The maximum absolute atomic E-state index is 12.3. The molecule has 0 radical (unpaired) electrons. The molecular weight excluding hydrogens is 400 g/mol. The Morgan fingerprint density at radius 2 is 2.19 bits per heavy atom. The van der Waals surface area contributed by atoms with Gasteiger partial charge < -0.3 is 9.72 Å². The van der Waals surface area contributed by atoms with Gasteiger partial charge in [-0.15, -0.1) is 0 Å². The number of aromatic nitrogens is 6. The summed E-state index contributed by atoms with van der Waals surface area (Å²) in [6.45, 7) is 1.75. The lowest BCUT2D eigenvalue weighted by Crippen LogP contribution is -2.11. The van der Waals surface area contributed by atoms with Crippen molar-refractivity contribution in [1.29, 1.82) is 0 Å². The third kappa shape index (κ3) is 3.21. The van der Waals surface area contributed by atoms with Gasteiger partial charge in [0.1, 0.15) is 18.0 Å². The molecule has 0 aliphatic heterocycles. The van der Waals surface area contributed by atoms with Gasteiger partial charge in [0, 0.05) is 29.3 Å². The summed E-state index contributed by atoms with van der Waals surface area (Å²) in [5.74, 6) is 0.722. The Labute approximate surface area is 156 Å². The highest BCUT2D eigenvalue weighted by Crippen LogP contribution is 2.21. The van der Waals surface area contributed by atoms with Crippen molar-refractivity contribution in [1.82, 2.24) is 29.5 Å². The first-order chi connectivity index (χ1) is 12.6. The summed E-state index contributed by atoms with van der Waals surface area (Å²) in [7, 11) is 0.